The molecule has 1 amide bonds. The molecule has 0 bridgehead atoms. The zero-order valence-electron chi connectivity index (χ0n) is 17.7. The molecule has 1 saturated heterocycles. The quantitative estimate of drug-likeness (QED) is 0.865. The number of nitrogens with zero attached hydrogens (tertiary/aromatic N) is 3. The Labute approximate surface area is 173 Å². The summed E-state index contributed by atoms with van der Waals surface area (Å²) < 4.78 is 0. The summed E-state index contributed by atoms with van der Waals surface area (Å²) in [6, 6.07) is 12.0. The fourth-order valence-corrected chi connectivity index (χ4v) is 4.21. The van der Waals surface area contributed by atoms with Crippen molar-refractivity contribution in [3.05, 3.63) is 64.2 Å². The summed E-state index contributed by atoms with van der Waals surface area (Å²) in [4.78, 5) is 19.8. The minimum Gasteiger partial charge on any atom is -0.507 e. The lowest BCUT2D eigenvalue weighted by molar-refractivity contribution is 0.0748. The number of rotatable bonds is 4. The maximum Gasteiger partial charge on any atom is 0.258 e. The van der Waals surface area contributed by atoms with Gasteiger partial charge in [-0.25, -0.2) is 0 Å². The third-order valence-corrected chi connectivity index (χ3v) is 6.20. The summed E-state index contributed by atoms with van der Waals surface area (Å²) in [5.41, 5.74) is 5.22. The van der Waals surface area contributed by atoms with E-state index in [1.807, 2.05) is 17.0 Å². The maximum atomic E-state index is 13.1. The van der Waals surface area contributed by atoms with Gasteiger partial charge in [0.05, 0.1) is 5.56 Å². The normalized spacial score (nSPS) is 17.7. The average Bonchev–Trinajstić information content (AvgIpc) is 3.13. The average molecular weight is 394 g/mol. The van der Waals surface area contributed by atoms with Gasteiger partial charge in [-0.05, 0) is 47.4 Å². The van der Waals surface area contributed by atoms with Crippen LogP contribution in [0.2, 0.25) is 0 Å². The SMILES string of the molecule is CC(C)c1ccc(O)c(C(=O)N2Cc3ccc(CN4CCN(C)CC4)cc3C2)c1. The number of hydrogen-bond donors (Lipinski definition) is 1. The standard InChI is InChI=1S/C24H31N3O2/c1-17(2)19-6-7-23(28)22(13-19)24(29)27-15-20-5-4-18(12-21(20)16-27)14-26-10-8-25(3)9-11-26/h4-7,12-13,17,28H,8-11,14-16H2,1-3H3. The molecule has 2 aliphatic heterocycles. The van der Waals surface area contributed by atoms with E-state index in [4.69, 9.17) is 0 Å². The molecule has 0 aliphatic carbocycles. The number of fused-ring (bicyclic) bond motifs is 1. The second kappa shape index (κ2) is 8.17. The number of piperazine rings is 1. The molecule has 5 heteroatoms. The van der Waals surface area contributed by atoms with Crippen molar-refractivity contribution in [1.29, 1.82) is 0 Å². The highest BCUT2D eigenvalue weighted by Crippen LogP contribution is 2.30. The highest BCUT2D eigenvalue weighted by molar-refractivity contribution is 5.97. The number of amides is 1. The van der Waals surface area contributed by atoms with E-state index in [-0.39, 0.29) is 11.7 Å². The van der Waals surface area contributed by atoms with Crippen LogP contribution in [0.1, 0.15) is 52.4 Å². The van der Waals surface area contributed by atoms with E-state index in [9.17, 15) is 9.90 Å². The van der Waals surface area contributed by atoms with Crippen molar-refractivity contribution in [1.82, 2.24) is 14.7 Å². The van der Waals surface area contributed by atoms with Crippen molar-refractivity contribution in [2.45, 2.75) is 39.4 Å². The molecular formula is C24H31N3O2. The van der Waals surface area contributed by atoms with Gasteiger partial charge in [0.15, 0.2) is 0 Å². The highest BCUT2D eigenvalue weighted by atomic mass is 16.3. The number of aromatic hydroxyl groups is 1. The molecule has 0 aromatic heterocycles. The van der Waals surface area contributed by atoms with E-state index in [1.54, 1.807) is 6.07 Å². The first-order valence-corrected chi connectivity index (χ1v) is 10.5. The highest BCUT2D eigenvalue weighted by Gasteiger charge is 2.27. The first-order chi connectivity index (χ1) is 13.9. The number of phenolic OH excluding ortho intramolecular Hbond substituents is 1. The first-order valence-electron chi connectivity index (χ1n) is 10.5. The molecule has 2 aromatic carbocycles. The second-order valence-electron chi connectivity index (χ2n) is 8.77. The first kappa shape index (κ1) is 19.9. The summed E-state index contributed by atoms with van der Waals surface area (Å²) in [5, 5.41) is 10.3. The minimum absolute atomic E-state index is 0.0612. The van der Waals surface area contributed by atoms with Crippen LogP contribution in [0.3, 0.4) is 0 Å². The largest absolute Gasteiger partial charge is 0.507 e. The minimum atomic E-state index is -0.0955. The number of phenols is 1. The predicted octanol–water partition coefficient (Wildman–Crippen LogP) is 3.42. The lowest BCUT2D eigenvalue weighted by Crippen LogP contribution is -2.43. The van der Waals surface area contributed by atoms with E-state index >= 15 is 0 Å². The maximum absolute atomic E-state index is 13.1. The Morgan fingerprint density at radius 3 is 2.45 bits per heavy atom. The molecule has 2 aromatic rings. The van der Waals surface area contributed by atoms with Crippen LogP contribution in [-0.2, 0) is 19.6 Å². The molecule has 0 atom stereocenters. The molecule has 2 aliphatic rings. The van der Waals surface area contributed by atoms with Crippen LogP contribution in [-0.4, -0.2) is 58.9 Å². The smallest absolute Gasteiger partial charge is 0.258 e. The molecule has 0 saturated carbocycles. The van der Waals surface area contributed by atoms with Crippen LogP contribution in [0, 0.1) is 0 Å². The summed E-state index contributed by atoms with van der Waals surface area (Å²) in [5.74, 6) is 0.281. The fraction of sp³-hybridized carbons (Fsp3) is 0.458. The molecule has 1 N–H and O–H groups in total. The van der Waals surface area contributed by atoms with Gasteiger partial charge in [0.2, 0.25) is 0 Å². The number of carbonyl (C=O) groups excluding carboxylic acids is 1. The molecule has 154 valence electrons. The van der Waals surface area contributed by atoms with Gasteiger partial charge in [0, 0.05) is 45.8 Å². The van der Waals surface area contributed by atoms with Crippen LogP contribution in [0.15, 0.2) is 36.4 Å². The van der Waals surface area contributed by atoms with E-state index in [2.05, 4.69) is 48.9 Å². The van der Waals surface area contributed by atoms with E-state index in [0.29, 0.717) is 24.6 Å². The third-order valence-electron chi connectivity index (χ3n) is 6.20. The summed E-state index contributed by atoms with van der Waals surface area (Å²) >= 11 is 0. The van der Waals surface area contributed by atoms with Gasteiger partial charge in [-0.15, -0.1) is 0 Å². The summed E-state index contributed by atoms with van der Waals surface area (Å²) in [7, 11) is 2.17. The monoisotopic (exact) mass is 393 g/mol. The van der Waals surface area contributed by atoms with E-state index in [1.165, 1.54) is 16.7 Å². The van der Waals surface area contributed by atoms with Gasteiger partial charge in [-0.2, -0.15) is 0 Å². The van der Waals surface area contributed by atoms with Crippen molar-refractivity contribution >= 4 is 5.91 Å². The Morgan fingerprint density at radius 1 is 1.00 bits per heavy atom. The zero-order chi connectivity index (χ0) is 20.5. The summed E-state index contributed by atoms with van der Waals surface area (Å²) in [6.07, 6.45) is 0. The topological polar surface area (TPSA) is 47.0 Å². The molecule has 2 heterocycles. The predicted molar refractivity (Wildman–Crippen MR) is 115 cm³/mol. The zero-order valence-corrected chi connectivity index (χ0v) is 17.7. The molecule has 1 fully saturated rings. The van der Waals surface area contributed by atoms with Gasteiger partial charge in [0.1, 0.15) is 5.75 Å². The molecule has 0 unspecified atom stereocenters. The van der Waals surface area contributed by atoms with Gasteiger partial charge >= 0.3 is 0 Å². The van der Waals surface area contributed by atoms with Crippen LogP contribution >= 0.6 is 0 Å². The Kier molecular flexibility index (Phi) is 5.61. The molecule has 5 nitrogen and oxygen atoms in total. The van der Waals surface area contributed by atoms with E-state index < -0.39 is 0 Å². The third kappa shape index (κ3) is 4.31. The van der Waals surface area contributed by atoms with Crippen molar-refractivity contribution in [2.24, 2.45) is 0 Å². The van der Waals surface area contributed by atoms with Crippen molar-refractivity contribution in [3.8, 4) is 5.75 Å². The van der Waals surface area contributed by atoms with Gasteiger partial charge in [-0.3, -0.25) is 9.69 Å². The molecule has 0 spiro atoms. The van der Waals surface area contributed by atoms with Crippen LogP contribution < -0.4 is 0 Å². The van der Waals surface area contributed by atoms with Crippen LogP contribution in [0.25, 0.3) is 0 Å². The number of benzene rings is 2. The summed E-state index contributed by atoms with van der Waals surface area (Å²) in [6.45, 7) is 10.8. The Morgan fingerprint density at radius 2 is 1.72 bits per heavy atom. The van der Waals surface area contributed by atoms with E-state index in [0.717, 1.165) is 38.3 Å². The molecule has 0 radical (unpaired) electrons. The van der Waals surface area contributed by atoms with Gasteiger partial charge in [0.25, 0.3) is 5.91 Å². The Hall–Kier alpha value is -2.37. The number of likely N-dealkylation sites (N-methyl/N-ethyl adjacent to an activating group) is 1. The molecule has 29 heavy (non-hydrogen) atoms. The molecule has 4 rings (SSSR count). The van der Waals surface area contributed by atoms with Crippen LogP contribution in [0.4, 0.5) is 0 Å². The van der Waals surface area contributed by atoms with Gasteiger partial charge < -0.3 is 14.9 Å². The van der Waals surface area contributed by atoms with Crippen molar-refractivity contribution < 1.29 is 9.90 Å². The fourth-order valence-electron chi connectivity index (χ4n) is 4.21. The van der Waals surface area contributed by atoms with Crippen LogP contribution in [0.5, 0.6) is 5.75 Å². The van der Waals surface area contributed by atoms with Crippen molar-refractivity contribution in [2.75, 3.05) is 33.2 Å². The Bertz CT molecular complexity index is 901. The Balaban J connectivity index is 1.46. The lowest BCUT2D eigenvalue weighted by Gasteiger charge is -2.32. The second-order valence-corrected chi connectivity index (χ2v) is 8.77. The number of carbonyl (C=O) groups is 1. The van der Waals surface area contributed by atoms with Gasteiger partial charge in [-0.1, -0.05) is 38.1 Å². The molecular weight excluding hydrogens is 362 g/mol. The van der Waals surface area contributed by atoms with Crippen molar-refractivity contribution in [3.63, 3.8) is 0 Å². The lowest BCUT2D eigenvalue weighted by atomic mass is 10.00. The number of hydrogen-bond acceptors (Lipinski definition) is 4.